The van der Waals surface area contributed by atoms with Crippen LogP contribution in [0.2, 0.25) is 0 Å². The van der Waals surface area contributed by atoms with Gasteiger partial charge in [0.15, 0.2) is 0 Å². The van der Waals surface area contributed by atoms with Crippen LogP contribution in [0.4, 0.5) is 0 Å². The van der Waals surface area contributed by atoms with Crippen molar-refractivity contribution in [2.75, 3.05) is 14.2 Å². The van der Waals surface area contributed by atoms with Gasteiger partial charge in [0, 0.05) is 14.2 Å². The Morgan fingerprint density at radius 2 is 1.33 bits per heavy atom. The van der Waals surface area contributed by atoms with Gasteiger partial charge in [0.1, 0.15) is 0 Å². The molecule has 3 N–H and O–H groups in total. The average Bonchev–Trinajstić information content (AvgIpc) is 1.46. The first-order valence-electron chi connectivity index (χ1n) is 1.07. The molecule has 0 aliphatic heterocycles. The van der Waals surface area contributed by atoms with Gasteiger partial charge in [0.2, 0.25) is 0 Å². The van der Waals surface area contributed by atoms with E-state index in [1.165, 1.54) is 0 Å². The maximum absolute atomic E-state index is 6.50. The summed E-state index contributed by atoms with van der Waals surface area (Å²) in [6.45, 7) is 0. The highest BCUT2D eigenvalue weighted by molar-refractivity contribution is 5.75. The largest absolute Gasteiger partial charge is 0.388 e. The fourth-order valence-corrected chi connectivity index (χ4v) is 0. The van der Waals surface area contributed by atoms with Gasteiger partial charge in [-0.05, 0) is 11.0 Å². The van der Waals surface area contributed by atoms with Gasteiger partial charge < -0.3 is 9.94 Å². The van der Waals surface area contributed by atoms with Crippen molar-refractivity contribution in [3.05, 3.63) is 0 Å². The van der Waals surface area contributed by atoms with E-state index < -0.39 is 0 Å². The van der Waals surface area contributed by atoms with Crippen LogP contribution in [-0.4, -0.2) is 30.4 Å². The molecule has 0 unspecified atom stereocenters. The molecule has 42 valence electrons. The van der Waals surface area contributed by atoms with Crippen LogP contribution in [-0.2, 0) is 4.74 Å². The molecule has 0 fully saturated rings. The van der Waals surface area contributed by atoms with Crippen molar-refractivity contribution in [2.45, 2.75) is 0 Å². The van der Waals surface area contributed by atoms with E-state index in [4.69, 9.17) is 5.21 Å². The van der Waals surface area contributed by atoms with E-state index in [2.05, 4.69) is 10.6 Å². The first-order chi connectivity index (χ1) is 2.41. The van der Waals surface area contributed by atoms with Crippen molar-refractivity contribution in [2.24, 2.45) is 5.90 Å². The van der Waals surface area contributed by atoms with E-state index in [1.807, 2.05) is 0 Å². The summed E-state index contributed by atoms with van der Waals surface area (Å²) in [5, 5.41) is 6.50. The molecule has 6 heavy (non-hydrogen) atoms. The molecule has 0 aliphatic carbocycles. The number of hydrogen-bond donors (Lipinski definition) is 2. The standard InChI is InChI=1S/C2H6O.H3NO.H4Si/c1-3-2;1-2;/h1-2H3;2H,1H2;1H4. The Hall–Kier alpha value is 0.0969. The summed E-state index contributed by atoms with van der Waals surface area (Å²) < 4.78 is 4.25. The Kier molecular flexibility index (Phi) is 196. The van der Waals surface area contributed by atoms with Crippen LogP contribution in [0.15, 0.2) is 0 Å². The molecule has 0 saturated carbocycles. The lowest BCUT2D eigenvalue weighted by molar-refractivity contribution is 0.277. The van der Waals surface area contributed by atoms with E-state index in [0.717, 1.165) is 0 Å². The van der Waals surface area contributed by atoms with Crippen LogP contribution in [0.3, 0.4) is 0 Å². The predicted molar refractivity (Wildman–Crippen MR) is 30.2 cm³/mol. The van der Waals surface area contributed by atoms with Gasteiger partial charge in [-0.3, -0.25) is 0 Å². The molecule has 0 aromatic heterocycles. The van der Waals surface area contributed by atoms with E-state index in [-0.39, 0.29) is 11.0 Å². The van der Waals surface area contributed by atoms with Crippen molar-refractivity contribution in [3.8, 4) is 0 Å². The minimum atomic E-state index is 0. The zero-order chi connectivity index (χ0) is 4.71. The highest BCUT2D eigenvalue weighted by atomic mass is 28.1. The third-order valence-electron chi connectivity index (χ3n) is 0. The summed E-state index contributed by atoms with van der Waals surface area (Å²) in [5.74, 6) is 3.50. The quantitative estimate of drug-likeness (QED) is 0.285. The summed E-state index contributed by atoms with van der Waals surface area (Å²) in [7, 11) is 3.25. The van der Waals surface area contributed by atoms with Crippen LogP contribution < -0.4 is 5.90 Å². The molecular formula is C2H13NO2Si. The summed E-state index contributed by atoms with van der Waals surface area (Å²) in [6, 6.07) is 0. The summed E-state index contributed by atoms with van der Waals surface area (Å²) in [5.41, 5.74) is 0. The highest BCUT2D eigenvalue weighted by Gasteiger charge is 1.25. The van der Waals surface area contributed by atoms with Crippen molar-refractivity contribution in [3.63, 3.8) is 0 Å². The Morgan fingerprint density at radius 1 is 1.33 bits per heavy atom. The molecule has 0 amide bonds. The molecule has 0 aromatic carbocycles. The molecule has 3 nitrogen and oxygen atoms in total. The number of methoxy groups -OCH3 is 1. The van der Waals surface area contributed by atoms with Crippen molar-refractivity contribution in [1.82, 2.24) is 0 Å². The van der Waals surface area contributed by atoms with Gasteiger partial charge >= 0.3 is 0 Å². The zero-order valence-electron chi connectivity index (χ0n) is 3.43. The fraction of sp³-hybridized carbons (Fsp3) is 1.00. The molecule has 4 heteroatoms. The molecule has 0 bridgehead atoms. The zero-order valence-corrected chi connectivity index (χ0v) is 3.43. The lowest BCUT2D eigenvalue weighted by atomic mass is 11.6. The van der Waals surface area contributed by atoms with E-state index in [9.17, 15) is 0 Å². The summed E-state index contributed by atoms with van der Waals surface area (Å²) in [6.07, 6.45) is 0. The minimum Gasteiger partial charge on any atom is -0.388 e. The molecule has 0 heterocycles. The van der Waals surface area contributed by atoms with Gasteiger partial charge in [-0.1, -0.05) is 0 Å². The smallest absolute Gasteiger partial charge is 0.0351 e. The van der Waals surface area contributed by atoms with Crippen LogP contribution in [0.25, 0.3) is 0 Å². The first-order valence-corrected chi connectivity index (χ1v) is 1.07. The van der Waals surface area contributed by atoms with Gasteiger partial charge in [-0.15, -0.1) is 0 Å². The number of nitrogens with two attached hydrogens (primary N) is 1. The van der Waals surface area contributed by atoms with Crippen molar-refractivity contribution < 1.29 is 9.94 Å². The Labute approximate surface area is 42.1 Å². The van der Waals surface area contributed by atoms with Crippen LogP contribution in [0.5, 0.6) is 0 Å². The molecule has 0 atom stereocenters. The second-order valence-electron chi connectivity index (χ2n) is 0.408. The molecule has 0 rings (SSSR count). The lowest BCUT2D eigenvalue weighted by Gasteiger charge is -1.61. The summed E-state index contributed by atoms with van der Waals surface area (Å²) in [4.78, 5) is 0. The monoisotopic (exact) mass is 111 g/mol. The Morgan fingerprint density at radius 3 is 1.33 bits per heavy atom. The fourth-order valence-electron chi connectivity index (χ4n) is 0. The lowest BCUT2D eigenvalue weighted by Crippen LogP contribution is -1.72. The second-order valence-corrected chi connectivity index (χ2v) is 0.408. The third-order valence-corrected chi connectivity index (χ3v) is 0. The molecular weight excluding hydrogens is 98.1 g/mol. The van der Waals surface area contributed by atoms with Gasteiger partial charge in [-0.2, -0.15) is 0 Å². The van der Waals surface area contributed by atoms with Gasteiger partial charge in [0.05, 0.1) is 0 Å². The third kappa shape index (κ3) is 4190. The average molecular weight is 111 g/mol. The SMILES string of the molecule is COC.NO.[SiH4]. The van der Waals surface area contributed by atoms with Gasteiger partial charge in [-0.25, -0.2) is 5.90 Å². The van der Waals surface area contributed by atoms with E-state index >= 15 is 0 Å². The molecule has 0 radical (unpaired) electrons. The first kappa shape index (κ1) is 16.5. The second kappa shape index (κ2) is 71.1. The maximum Gasteiger partial charge on any atom is 0.0351 e. The van der Waals surface area contributed by atoms with E-state index in [1.54, 1.807) is 14.2 Å². The number of rotatable bonds is 0. The normalized spacial score (nSPS) is 4.00. The van der Waals surface area contributed by atoms with E-state index in [0.29, 0.717) is 0 Å². The minimum absolute atomic E-state index is 0. The van der Waals surface area contributed by atoms with Crippen molar-refractivity contribution >= 4 is 11.0 Å². The molecule has 0 aromatic rings. The van der Waals surface area contributed by atoms with Crippen LogP contribution in [0, 0.1) is 0 Å². The number of hydrogen-bond acceptors (Lipinski definition) is 3. The van der Waals surface area contributed by atoms with Gasteiger partial charge in [0.25, 0.3) is 0 Å². The highest BCUT2D eigenvalue weighted by Crippen LogP contribution is 1.28. The Balaban J connectivity index is -0.0000000275. The molecule has 0 saturated heterocycles. The van der Waals surface area contributed by atoms with Crippen LogP contribution >= 0.6 is 0 Å². The molecule has 0 spiro atoms. The number of ether oxygens (including phenoxy) is 1. The topological polar surface area (TPSA) is 55.5 Å². The molecule has 0 aliphatic rings. The maximum atomic E-state index is 6.50. The van der Waals surface area contributed by atoms with Crippen molar-refractivity contribution in [1.29, 1.82) is 0 Å². The Bertz CT molecular complexity index is 11.5. The summed E-state index contributed by atoms with van der Waals surface area (Å²) >= 11 is 0. The predicted octanol–water partition coefficient (Wildman–Crippen LogP) is -1.85. The van der Waals surface area contributed by atoms with Crippen LogP contribution in [0.1, 0.15) is 0 Å².